The summed E-state index contributed by atoms with van der Waals surface area (Å²) in [6.45, 7) is 0. The Labute approximate surface area is 72.1 Å². The fourth-order valence-corrected chi connectivity index (χ4v) is 1.36. The van der Waals surface area contributed by atoms with Gasteiger partial charge >= 0.3 is 12.2 Å². The Hall–Kier alpha value is -0.990. The van der Waals surface area contributed by atoms with Crippen molar-refractivity contribution in [1.29, 1.82) is 0 Å². The largest absolute Gasteiger partial charge is 0.390 e. The molecule has 0 aromatic heterocycles. The Balaban J connectivity index is 4.13. The van der Waals surface area contributed by atoms with Gasteiger partial charge < -0.3 is 5.73 Å². The number of halogens is 3. The molecule has 0 heterocycles. The van der Waals surface area contributed by atoms with E-state index in [-0.39, 0.29) is 0 Å². The number of nitrogens with two attached hydrogens (primary N) is 1. The van der Waals surface area contributed by atoms with Crippen LogP contribution < -0.4 is 10.5 Å². The summed E-state index contributed by atoms with van der Waals surface area (Å²) in [6.07, 6.45) is -6.10. The smallest absolute Gasteiger partial charge is 0.351 e. The van der Waals surface area contributed by atoms with E-state index in [4.69, 9.17) is 0 Å². The van der Waals surface area contributed by atoms with Gasteiger partial charge in [-0.2, -0.15) is 13.2 Å². The fourth-order valence-electron chi connectivity index (χ4n) is 0.454. The van der Waals surface area contributed by atoms with Crippen LogP contribution in [0, 0.1) is 0 Å². The molecule has 78 valence electrons. The third-order valence-corrected chi connectivity index (χ3v) is 2.16. The van der Waals surface area contributed by atoms with Gasteiger partial charge in [0.25, 0.3) is 0 Å². The molecule has 0 fully saturated rings. The average Bonchev–Trinajstić information content (AvgIpc) is 1.79. The summed E-state index contributed by atoms with van der Waals surface area (Å²) in [4.78, 5) is 9.99. The van der Waals surface area contributed by atoms with Gasteiger partial charge in [0.15, 0.2) is 0 Å². The zero-order chi connectivity index (χ0) is 10.7. The lowest BCUT2D eigenvalue weighted by molar-refractivity contribution is -0.129. The molecular weight excluding hydrogens is 213 g/mol. The van der Waals surface area contributed by atoms with Crippen LogP contribution in [-0.4, -0.2) is 26.4 Å². The second-order valence-electron chi connectivity index (χ2n) is 2.15. The van der Waals surface area contributed by atoms with E-state index in [2.05, 4.69) is 5.73 Å². The molecule has 0 atom stereocenters. The molecule has 0 bridgehead atoms. The first-order chi connectivity index (χ1) is 5.62. The first-order valence-corrected chi connectivity index (χ1v) is 4.64. The summed E-state index contributed by atoms with van der Waals surface area (Å²) in [7, 11) is -4.26. The molecule has 3 N–H and O–H groups in total. The lowest BCUT2D eigenvalue weighted by atomic mass is 10.5. The summed E-state index contributed by atoms with van der Waals surface area (Å²) in [6, 6.07) is -1.40. The summed E-state index contributed by atoms with van der Waals surface area (Å²) in [5.74, 6) is -1.21. The molecule has 0 rings (SSSR count). The lowest BCUT2D eigenvalue weighted by Crippen LogP contribution is -2.37. The minimum absolute atomic E-state index is 1.20. The molecule has 13 heavy (non-hydrogen) atoms. The van der Waals surface area contributed by atoms with Gasteiger partial charge in [-0.05, 0) is 0 Å². The molecule has 0 radical (unpaired) electrons. The summed E-state index contributed by atoms with van der Waals surface area (Å²) in [5, 5.41) is 0. The number of nitrogens with one attached hydrogen (secondary N) is 1. The molecule has 0 saturated carbocycles. The van der Waals surface area contributed by atoms with E-state index in [0.29, 0.717) is 0 Å². The minimum Gasteiger partial charge on any atom is -0.351 e. The Bertz CT molecular complexity index is 283. The van der Waals surface area contributed by atoms with Gasteiger partial charge in [0.2, 0.25) is 10.0 Å². The summed E-state index contributed by atoms with van der Waals surface area (Å²) < 4.78 is 56.9. The highest BCUT2D eigenvalue weighted by molar-refractivity contribution is 7.90. The molecule has 0 aliphatic heterocycles. The molecule has 0 aliphatic carbocycles. The first-order valence-electron chi connectivity index (χ1n) is 2.99. The average molecular weight is 220 g/mol. The maximum atomic E-state index is 11.5. The zero-order valence-electron chi connectivity index (χ0n) is 6.26. The van der Waals surface area contributed by atoms with E-state index < -0.39 is 34.4 Å². The molecule has 0 unspecified atom stereocenters. The van der Waals surface area contributed by atoms with Gasteiger partial charge in [0, 0.05) is 0 Å². The maximum absolute atomic E-state index is 11.5. The van der Waals surface area contributed by atoms with Gasteiger partial charge in [-0.1, -0.05) is 0 Å². The van der Waals surface area contributed by atoms with E-state index >= 15 is 0 Å². The standard InChI is InChI=1S/C4H7F3N2O3S/c5-4(6,7)1-2-13(11,12)9-3(8)10/h1-2H2,(H3,8,9,10). The second-order valence-corrected chi connectivity index (χ2v) is 3.99. The summed E-state index contributed by atoms with van der Waals surface area (Å²) in [5.41, 5.74) is 4.41. The number of urea groups is 1. The van der Waals surface area contributed by atoms with Crippen LogP contribution in [0.25, 0.3) is 0 Å². The highest BCUT2D eigenvalue weighted by Crippen LogP contribution is 2.19. The van der Waals surface area contributed by atoms with Crippen LogP contribution in [0.15, 0.2) is 0 Å². The van der Waals surface area contributed by atoms with E-state index in [0.717, 1.165) is 0 Å². The molecular formula is C4H7F3N2O3S. The predicted molar refractivity (Wildman–Crippen MR) is 37.2 cm³/mol. The molecule has 0 aromatic carbocycles. The van der Waals surface area contributed by atoms with Crippen LogP contribution >= 0.6 is 0 Å². The third kappa shape index (κ3) is 7.37. The monoisotopic (exact) mass is 220 g/mol. The highest BCUT2D eigenvalue weighted by Gasteiger charge is 2.30. The Morgan fingerprint density at radius 1 is 1.38 bits per heavy atom. The number of sulfonamides is 1. The van der Waals surface area contributed by atoms with Crippen LogP contribution in [-0.2, 0) is 10.0 Å². The molecule has 9 heteroatoms. The molecule has 0 aliphatic rings. The van der Waals surface area contributed by atoms with Gasteiger partial charge in [-0.25, -0.2) is 17.9 Å². The van der Waals surface area contributed by atoms with Gasteiger partial charge in [-0.15, -0.1) is 0 Å². The number of alkyl halides is 3. The number of primary amides is 1. The van der Waals surface area contributed by atoms with Gasteiger partial charge in [-0.3, -0.25) is 0 Å². The number of hydrogen-bond donors (Lipinski definition) is 2. The third-order valence-electron chi connectivity index (χ3n) is 0.910. The Kier molecular flexibility index (Phi) is 3.52. The molecule has 5 nitrogen and oxygen atoms in total. The van der Waals surface area contributed by atoms with E-state index in [1.54, 1.807) is 0 Å². The van der Waals surface area contributed by atoms with Crippen molar-refractivity contribution < 1.29 is 26.4 Å². The number of carbonyl (C=O) groups is 1. The normalized spacial score (nSPS) is 12.5. The zero-order valence-corrected chi connectivity index (χ0v) is 7.07. The topological polar surface area (TPSA) is 89.3 Å². The van der Waals surface area contributed by atoms with Gasteiger partial charge in [0.05, 0.1) is 12.2 Å². The van der Waals surface area contributed by atoms with Crippen LogP contribution in [0.5, 0.6) is 0 Å². The quantitative estimate of drug-likeness (QED) is 0.698. The van der Waals surface area contributed by atoms with Crippen LogP contribution in [0.2, 0.25) is 0 Å². The lowest BCUT2D eigenvalue weighted by Gasteiger charge is -2.06. The van der Waals surface area contributed by atoms with Crippen molar-refractivity contribution in [1.82, 2.24) is 4.72 Å². The van der Waals surface area contributed by atoms with Crippen molar-refractivity contribution in [3.05, 3.63) is 0 Å². The maximum Gasteiger partial charge on any atom is 0.390 e. The molecule has 0 aromatic rings. The van der Waals surface area contributed by atoms with E-state index in [9.17, 15) is 26.4 Å². The van der Waals surface area contributed by atoms with Gasteiger partial charge in [0.1, 0.15) is 0 Å². The number of rotatable bonds is 3. The molecule has 2 amide bonds. The number of carbonyl (C=O) groups excluding carboxylic acids is 1. The Morgan fingerprint density at radius 2 is 1.85 bits per heavy atom. The number of hydrogen-bond acceptors (Lipinski definition) is 3. The van der Waals surface area contributed by atoms with Crippen molar-refractivity contribution in [3.8, 4) is 0 Å². The van der Waals surface area contributed by atoms with E-state index in [1.165, 1.54) is 4.72 Å². The van der Waals surface area contributed by atoms with E-state index in [1.807, 2.05) is 0 Å². The van der Waals surface area contributed by atoms with Crippen molar-refractivity contribution in [2.45, 2.75) is 12.6 Å². The Morgan fingerprint density at radius 3 is 2.15 bits per heavy atom. The first kappa shape index (κ1) is 12.0. The van der Waals surface area contributed by atoms with Crippen LogP contribution in [0.4, 0.5) is 18.0 Å². The van der Waals surface area contributed by atoms with Crippen molar-refractivity contribution >= 4 is 16.1 Å². The minimum atomic E-state index is -4.58. The van der Waals surface area contributed by atoms with Crippen LogP contribution in [0.1, 0.15) is 6.42 Å². The SMILES string of the molecule is NC(=O)NS(=O)(=O)CCC(F)(F)F. The van der Waals surface area contributed by atoms with Crippen molar-refractivity contribution in [2.75, 3.05) is 5.75 Å². The fraction of sp³-hybridized carbons (Fsp3) is 0.750. The van der Waals surface area contributed by atoms with Crippen molar-refractivity contribution in [3.63, 3.8) is 0 Å². The molecule has 0 saturated heterocycles. The predicted octanol–water partition coefficient (Wildman–Crippen LogP) is -0.0631. The summed E-state index contributed by atoms with van der Waals surface area (Å²) >= 11 is 0. The number of amides is 2. The second kappa shape index (κ2) is 3.81. The highest BCUT2D eigenvalue weighted by atomic mass is 32.2. The molecule has 0 spiro atoms. The van der Waals surface area contributed by atoms with Crippen molar-refractivity contribution in [2.24, 2.45) is 5.73 Å². The van der Waals surface area contributed by atoms with Crippen LogP contribution in [0.3, 0.4) is 0 Å².